The van der Waals surface area contributed by atoms with Crippen LogP contribution in [0.3, 0.4) is 0 Å². The van der Waals surface area contributed by atoms with Gasteiger partial charge in [-0.15, -0.1) is 5.10 Å². The van der Waals surface area contributed by atoms with Crippen LogP contribution in [0.5, 0.6) is 0 Å². The molecule has 100 valence electrons. The van der Waals surface area contributed by atoms with E-state index in [2.05, 4.69) is 15.4 Å². The van der Waals surface area contributed by atoms with Crippen molar-refractivity contribution in [2.75, 3.05) is 18.5 Å². The summed E-state index contributed by atoms with van der Waals surface area (Å²) in [6, 6.07) is 0.242. The number of anilines is 1. The number of amides is 1. The molecule has 2 heterocycles. The molecule has 18 heavy (non-hydrogen) atoms. The molecule has 1 amide bonds. The molecular formula is C12H20N4O2. The van der Waals surface area contributed by atoms with E-state index in [0.29, 0.717) is 19.2 Å². The van der Waals surface area contributed by atoms with Crippen LogP contribution < -0.4 is 5.32 Å². The summed E-state index contributed by atoms with van der Waals surface area (Å²) >= 11 is 0. The second-order valence-corrected chi connectivity index (χ2v) is 4.90. The number of hydrogen-bond acceptors (Lipinski definition) is 4. The van der Waals surface area contributed by atoms with E-state index in [1.165, 1.54) is 0 Å². The van der Waals surface area contributed by atoms with Crippen LogP contribution >= 0.6 is 0 Å². The minimum absolute atomic E-state index is 0.000735. The van der Waals surface area contributed by atoms with Crippen molar-refractivity contribution >= 4 is 11.9 Å². The Morgan fingerprint density at radius 1 is 1.44 bits per heavy atom. The minimum atomic E-state index is -0.000735. The van der Waals surface area contributed by atoms with Gasteiger partial charge in [0.2, 0.25) is 11.9 Å². The molecule has 1 aliphatic heterocycles. The third kappa shape index (κ3) is 2.87. The average Bonchev–Trinajstić information content (AvgIpc) is 2.71. The summed E-state index contributed by atoms with van der Waals surface area (Å²) in [5, 5.41) is 7.08. The molecule has 0 unspecified atom stereocenters. The number of nitrogens with zero attached hydrogens (tertiary/aromatic N) is 3. The highest BCUT2D eigenvalue weighted by atomic mass is 16.5. The number of aromatic nitrogens is 3. The largest absolute Gasteiger partial charge is 0.381 e. The molecule has 1 aromatic heterocycles. The Bertz CT molecular complexity index is 422. The molecule has 2 rings (SSSR count). The summed E-state index contributed by atoms with van der Waals surface area (Å²) in [5.41, 5.74) is 0. The molecule has 0 spiro atoms. The molecule has 0 aromatic carbocycles. The maximum atomic E-state index is 12.0. The Labute approximate surface area is 107 Å². The van der Waals surface area contributed by atoms with Crippen molar-refractivity contribution in [3.8, 4) is 0 Å². The molecule has 6 nitrogen and oxygen atoms in total. The lowest BCUT2D eigenvalue weighted by Crippen LogP contribution is -2.29. The fourth-order valence-corrected chi connectivity index (χ4v) is 2.12. The lowest BCUT2D eigenvalue weighted by atomic mass is 10.00. The van der Waals surface area contributed by atoms with Gasteiger partial charge in [-0.1, -0.05) is 0 Å². The van der Waals surface area contributed by atoms with Gasteiger partial charge in [0, 0.05) is 25.2 Å². The van der Waals surface area contributed by atoms with Gasteiger partial charge in [-0.3, -0.25) is 10.1 Å². The normalized spacial score (nSPS) is 17.1. The van der Waals surface area contributed by atoms with Crippen molar-refractivity contribution in [3.63, 3.8) is 0 Å². The third-order valence-electron chi connectivity index (χ3n) is 3.12. The first-order valence-corrected chi connectivity index (χ1v) is 6.39. The van der Waals surface area contributed by atoms with Crippen LogP contribution in [0.15, 0.2) is 0 Å². The summed E-state index contributed by atoms with van der Waals surface area (Å²) < 4.78 is 7.04. The van der Waals surface area contributed by atoms with Crippen LogP contribution in [-0.2, 0) is 9.53 Å². The molecule has 1 aliphatic rings. The van der Waals surface area contributed by atoms with E-state index in [-0.39, 0.29) is 17.9 Å². The van der Waals surface area contributed by atoms with Gasteiger partial charge in [-0.25, -0.2) is 4.68 Å². The highest BCUT2D eigenvalue weighted by Gasteiger charge is 2.23. The van der Waals surface area contributed by atoms with E-state index in [1.807, 2.05) is 20.8 Å². The SMILES string of the molecule is Cc1nc(NC(=O)C2CCOCC2)nn1C(C)C. The van der Waals surface area contributed by atoms with E-state index < -0.39 is 0 Å². The first kappa shape index (κ1) is 13.0. The maximum Gasteiger partial charge on any atom is 0.248 e. The minimum Gasteiger partial charge on any atom is -0.381 e. The zero-order valence-electron chi connectivity index (χ0n) is 11.1. The highest BCUT2D eigenvalue weighted by Crippen LogP contribution is 2.17. The second kappa shape index (κ2) is 5.48. The molecule has 0 atom stereocenters. The topological polar surface area (TPSA) is 69.0 Å². The molecule has 1 fully saturated rings. The number of ether oxygens (including phenoxy) is 1. The Hall–Kier alpha value is -1.43. The first-order chi connectivity index (χ1) is 8.58. The van der Waals surface area contributed by atoms with Crippen molar-refractivity contribution in [2.24, 2.45) is 5.92 Å². The zero-order valence-corrected chi connectivity index (χ0v) is 11.1. The van der Waals surface area contributed by atoms with E-state index in [1.54, 1.807) is 4.68 Å². The molecule has 1 saturated heterocycles. The van der Waals surface area contributed by atoms with Crippen molar-refractivity contribution in [2.45, 2.75) is 39.7 Å². The fourth-order valence-electron chi connectivity index (χ4n) is 2.12. The summed E-state index contributed by atoms with van der Waals surface area (Å²) in [7, 11) is 0. The molecule has 1 N–H and O–H groups in total. The van der Waals surface area contributed by atoms with Crippen LogP contribution in [0.4, 0.5) is 5.95 Å². The van der Waals surface area contributed by atoms with Crippen molar-refractivity contribution < 1.29 is 9.53 Å². The van der Waals surface area contributed by atoms with E-state index in [9.17, 15) is 4.79 Å². The molecular weight excluding hydrogens is 232 g/mol. The number of carbonyl (C=O) groups is 1. The van der Waals surface area contributed by atoms with Crippen LogP contribution in [0.2, 0.25) is 0 Å². The van der Waals surface area contributed by atoms with E-state index in [0.717, 1.165) is 18.7 Å². The fraction of sp³-hybridized carbons (Fsp3) is 0.750. The summed E-state index contributed by atoms with van der Waals surface area (Å²) in [5.74, 6) is 1.23. The van der Waals surface area contributed by atoms with E-state index >= 15 is 0 Å². The van der Waals surface area contributed by atoms with Crippen molar-refractivity contribution in [1.29, 1.82) is 0 Å². The Morgan fingerprint density at radius 2 is 2.11 bits per heavy atom. The quantitative estimate of drug-likeness (QED) is 0.885. The first-order valence-electron chi connectivity index (χ1n) is 6.39. The number of aryl methyl sites for hydroxylation is 1. The van der Waals surface area contributed by atoms with Crippen LogP contribution in [0.1, 0.15) is 38.6 Å². The zero-order chi connectivity index (χ0) is 13.1. The molecule has 0 radical (unpaired) electrons. The van der Waals surface area contributed by atoms with Crippen LogP contribution in [0.25, 0.3) is 0 Å². The highest BCUT2D eigenvalue weighted by molar-refractivity contribution is 5.90. The van der Waals surface area contributed by atoms with Gasteiger partial charge in [-0.05, 0) is 33.6 Å². The van der Waals surface area contributed by atoms with Gasteiger partial charge >= 0.3 is 0 Å². The summed E-state index contributed by atoms with van der Waals surface area (Å²) in [6.45, 7) is 7.27. The van der Waals surface area contributed by atoms with Crippen molar-refractivity contribution in [3.05, 3.63) is 5.82 Å². The van der Waals surface area contributed by atoms with Crippen LogP contribution in [-0.4, -0.2) is 33.9 Å². The summed E-state index contributed by atoms with van der Waals surface area (Å²) in [4.78, 5) is 16.3. The summed E-state index contributed by atoms with van der Waals surface area (Å²) in [6.07, 6.45) is 1.55. The smallest absolute Gasteiger partial charge is 0.248 e. The van der Waals surface area contributed by atoms with Crippen molar-refractivity contribution in [1.82, 2.24) is 14.8 Å². The molecule has 6 heteroatoms. The number of hydrogen-bond donors (Lipinski definition) is 1. The molecule has 0 aliphatic carbocycles. The van der Waals surface area contributed by atoms with Gasteiger partial charge < -0.3 is 4.74 Å². The Kier molecular flexibility index (Phi) is 3.96. The predicted molar refractivity (Wildman–Crippen MR) is 67.3 cm³/mol. The average molecular weight is 252 g/mol. The number of rotatable bonds is 3. The van der Waals surface area contributed by atoms with Gasteiger partial charge in [0.05, 0.1) is 0 Å². The Balaban J connectivity index is 2.00. The van der Waals surface area contributed by atoms with Gasteiger partial charge in [-0.2, -0.15) is 4.98 Å². The van der Waals surface area contributed by atoms with Crippen LogP contribution in [0, 0.1) is 12.8 Å². The molecule has 0 bridgehead atoms. The van der Waals surface area contributed by atoms with E-state index in [4.69, 9.17) is 4.74 Å². The Morgan fingerprint density at radius 3 is 2.67 bits per heavy atom. The maximum absolute atomic E-state index is 12.0. The predicted octanol–water partition coefficient (Wildman–Crippen LogP) is 1.53. The second-order valence-electron chi connectivity index (χ2n) is 4.90. The monoisotopic (exact) mass is 252 g/mol. The standard InChI is InChI=1S/C12H20N4O2/c1-8(2)16-9(3)13-12(15-16)14-11(17)10-4-6-18-7-5-10/h8,10H,4-7H2,1-3H3,(H,14,15,17). The van der Waals surface area contributed by atoms with Gasteiger partial charge in [0.1, 0.15) is 5.82 Å². The molecule has 1 aromatic rings. The lowest BCUT2D eigenvalue weighted by molar-refractivity contribution is -0.122. The van der Waals surface area contributed by atoms with Gasteiger partial charge in [0.25, 0.3) is 0 Å². The number of nitrogens with one attached hydrogen (secondary N) is 1. The third-order valence-corrected chi connectivity index (χ3v) is 3.12. The molecule has 0 saturated carbocycles. The van der Waals surface area contributed by atoms with Gasteiger partial charge in [0.15, 0.2) is 0 Å². The lowest BCUT2D eigenvalue weighted by Gasteiger charge is -2.20. The number of carbonyl (C=O) groups excluding carboxylic acids is 1.